The van der Waals surface area contributed by atoms with Crippen LogP contribution in [0.25, 0.3) is 0 Å². The van der Waals surface area contributed by atoms with E-state index >= 15 is 0 Å². The fourth-order valence-electron chi connectivity index (χ4n) is 3.75. The van der Waals surface area contributed by atoms with Gasteiger partial charge in [0.15, 0.2) is 0 Å². The molecule has 2 aromatic heterocycles. The van der Waals surface area contributed by atoms with E-state index < -0.39 is 0 Å². The van der Waals surface area contributed by atoms with Gasteiger partial charge < -0.3 is 14.6 Å². The number of carbonyl (C=O) groups excluding carboxylic acids is 1. The number of aromatic nitrogens is 1. The normalized spacial score (nSPS) is 23.2. The molecule has 2 atom stereocenters. The molecular formula is C19H24N2O3S. The number of hydrogen-bond acceptors (Lipinski definition) is 5. The summed E-state index contributed by atoms with van der Waals surface area (Å²) in [6.45, 7) is 3.12. The standard InChI is InChI=1S/C19H24N2O3S/c1-12-7-15(24-21-12)8-14-10-23-11-16(14)20-19(22)18-9-13-5-3-2-4-6-17(13)25-18/h7,9,14,16H,2-6,8,10-11H2,1H3,(H,20,22)/t14-,16+/m1/s1. The lowest BCUT2D eigenvalue weighted by molar-refractivity contribution is 0.0928. The highest BCUT2D eigenvalue weighted by Gasteiger charge is 2.31. The van der Waals surface area contributed by atoms with Crippen molar-refractivity contribution in [2.24, 2.45) is 5.92 Å². The molecule has 25 heavy (non-hydrogen) atoms. The Labute approximate surface area is 151 Å². The predicted octanol–water partition coefficient (Wildman–Crippen LogP) is 3.30. The molecule has 1 saturated heterocycles. The minimum Gasteiger partial charge on any atom is -0.379 e. The van der Waals surface area contributed by atoms with E-state index in [4.69, 9.17) is 9.26 Å². The fourth-order valence-corrected chi connectivity index (χ4v) is 4.91. The van der Waals surface area contributed by atoms with Crippen LogP contribution in [-0.2, 0) is 24.0 Å². The van der Waals surface area contributed by atoms with E-state index in [1.54, 1.807) is 11.3 Å². The largest absolute Gasteiger partial charge is 0.379 e. The summed E-state index contributed by atoms with van der Waals surface area (Å²) in [6.07, 6.45) is 6.74. The molecule has 1 aliphatic carbocycles. The summed E-state index contributed by atoms with van der Waals surface area (Å²) >= 11 is 1.67. The maximum atomic E-state index is 12.7. The minimum absolute atomic E-state index is 0.0276. The van der Waals surface area contributed by atoms with Gasteiger partial charge >= 0.3 is 0 Å². The van der Waals surface area contributed by atoms with Crippen LogP contribution in [0.2, 0.25) is 0 Å². The third-order valence-corrected chi connectivity index (χ3v) is 6.36. The van der Waals surface area contributed by atoms with E-state index in [1.807, 2.05) is 13.0 Å². The molecule has 3 heterocycles. The smallest absolute Gasteiger partial charge is 0.261 e. The lowest BCUT2D eigenvalue weighted by Gasteiger charge is -2.17. The maximum absolute atomic E-state index is 12.7. The van der Waals surface area contributed by atoms with Crippen LogP contribution in [0.5, 0.6) is 0 Å². The number of rotatable bonds is 4. The Morgan fingerprint density at radius 2 is 2.16 bits per heavy atom. The van der Waals surface area contributed by atoms with Gasteiger partial charge in [0.25, 0.3) is 5.91 Å². The Kier molecular flexibility index (Phi) is 4.90. The number of ether oxygens (including phenoxy) is 1. The van der Waals surface area contributed by atoms with Gasteiger partial charge in [-0.25, -0.2) is 0 Å². The van der Waals surface area contributed by atoms with Crippen molar-refractivity contribution in [2.75, 3.05) is 13.2 Å². The number of carbonyl (C=O) groups is 1. The van der Waals surface area contributed by atoms with Gasteiger partial charge in [-0.05, 0) is 44.2 Å². The molecule has 2 aromatic rings. The van der Waals surface area contributed by atoms with E-state index in [0.29, 0.717) is 13.2 Å². The number of nitrogens with zero attached hydrogens (tertiary/aromatic N) is 1. The summed E-state index contributed by atoms with van der Waals surface area (Å²) in [6, 6.07) is 4.08. The van der Waals surface area contributed by atoms with Gasteiger partial charge in [0, 0.05) is 23.3 Å². The quantitative estimate of drug-likeness (QED) is 0.850. The molecule has 0 spiro atoms. The Balaban J connectivity index is 1.41. The second-order valence-electron chi connectivity index (χ2n) is 7.14. The van der Waals surface area contributed by atoms with E-state index in [9.17, 15) is 4.79 Å². The third-order valence-electron chi connectivity index (χ3n) is 5.13. The number of nitrogens with one attached hydrogen (secondary N) is 1. The first-order valence-corrected chi connectivity index (χ1v) is 9.93. The molecule has 134 valence electrons. The molecule has 0 bridgehead atoms. The van der Waals surface area contributed by atoms with Crippen molar-refractivity contribution in [1.29, 1.82) is 0 Å². The average molecular weight is 360 g/mol. The van der Waals surface area contributed by atoms with Crippen molar-refractivity contribution in [3.8, 4) is 0 Å². The van der Waals surface area contributed by atoms with Crippen LogP contribution in [0.3, 0.4) is 0 Å². The summed E-state index contributed by atoms with van der Waals surface area (Å²) in [5.41, 5.74) is 2.26. The summed E-state index contributed by atoms with van der Waals surface area (Å²) < 4.78 is 10.9. The summed E-state index contributed by atoms with van der Waals surface area (Å²) in [5.74, 6) is 1.12. The molecule has 1 N–H and O–H groups in total. The van der Waals surface area contributed by atoms with E-state index in [2.05, 4.69) is 16.5 Å². The lowest BCUT2D eigenvalue weighted by atomic mass is 9.98. The van der Waals surface area contributed by atoms with Gasteiger partial charge in [-0.2, -0.15) is 0 Å². The molecular weight excluding hydrogens is 336 g/mol. The molecule has 0 radical (unpaired) electrons. The first-order valence-electron chi connectivity index (χ1n) is 9.11. The molecule has 1 amide bonds. The molecule has 1 fully saturated rings. The molecule has 0 saturated carbocycles. The number of fused-ring (bicyclic) bond motifs is 1. The first-order chi connectivity index (χ1) is 12.2. The predicted molar refractivity (Wildman–Crippen MR) is 96.1 cm³/mol. The van der Waals surface area contributed by atoms with E-state index in [-0.39, 0.29) is 17.9 Å². The zero-order valence-corrected chi connectivity index (χ0v) is 15.4. The van der Waals surface area contributed by atoms with E-state index in [0.717, 1.165) is 35.6 Å². The maximum Gasteiger partial charge on any atom is 0.261 e. The van der Waals surface area contributed by atoms with Gasteiger partial charge in [-0.15, -0.1) is 11.3 Å². The van der Waals surface area contributed by atoms with Crippen LogP contribution in [0, 0.1) is 12.8 Å². The minimum atomic E-state index is 0.0276. The molecule has 2 aliphatic rings. The SMILES string of the molecule is Cc1cc(C[C@@H]2COC[C@@H]2NC(=O)c2cc3c(s2)CCCCC3)on1. The van der Waals surface area contributed by atoms with Gasteiger partial charge in [-0.1, -0.05) is 11.6 Å². The van der Waals surface area contributed by atoms with Crippen LogP contribution in [0.4, 0.5) is 0 Å². The zero-order chi connectivity index (χ0) is 17.2. The molecule has 0 aromatic carbocycles. The fraction of sp³-hybridized carbons (Fsp3) is 0.579. The van der Waals surface area contributed by atoms with Crippen LogP contribution in [-0.4, -0.2) is 30.3 Å². The van der Waals surface area contributed by atoms with E-state index in [1.165, 1.54) is 29.7 Å². The van der Waals surface area contributed by atoms with Crippen molar-refractivity contribution in [2.45, 2.75) is 51.5 Å². The third kappa shape index (κ3) is 3.80. The van der Waals surface area contributed by atoms with Crippen LogP contribution in [0.15, 0.2) is 16.7 Å². The van der Waals surface area contributed by atoms with Gasteiger partial charge in [-0.3, -0.25) is 4.79 Å². The van der Waals surface area contributed by atoms with Crippen LogP contribution < -0.4 is 5.32 Å². The number of aryl methyl sites for hydroxylation is 3. The van der Waals surface area contributed by atoms with Crippen LogP contribution >= 0.6 is 11.3 Å². The Bertz CT molecular complexity index is 728. The second kappa shape index (κ2) is 7.30. The average Bonchev–Trinajstić information content (AvgIpc) is 3.27. The first kappa shape index (κ1) is 16.8. The van der Waals surface area contributed by atoms with Gasteiger partial charge in [0.2, 0.25) is 0 Å². The molecule has 5 nitrogen and oxygen atoms in total. The van der Waals surface area contributed by atoms with Crippen molar-refractivity contribution >= 4 is 17.2 Å². The lowest BCUT2D eigenvalue weighted by Crippen LogP contribution is -2.40. The van der Waals surface area contributed by atoms with Crippen molar-refractivity contribution in [3.63, 3.8) is 0 Å². The topological polar surface area (TPSA) is 64.4 Å². The Morgan fingerprint density at radius 1 is 1.28 bits per heavy atom. The Hall–Kier alpha value is -1.66. The molecule has 6 heteroatoms. The number of hydrogen-bond donors (Lipinski definition) is 1. The highest BCUT2D eigenvalue weighted by atomic mass is 32.1. The van der Waals surface area contributed by atoms with Gasteiger partial charge in [0.05, 0.1) is 29.8 Å². The molecule has 0 unspecified atom stereocenters. The van der Waals surface area contributed by atoms with Gasteiger partial charge in [0.1, 0.15) is 5.76 Å². The molecule has 1 aliphatic heterocycles. The van der Waals surface area contributed by atoms with Crippen molar-refractivity contribution < 1.29 is 14.1 Å². The highest BCUT2D eigenvalue weighted by molar-refractivity contribution is 7.14. The summed E-state index contributed by atoms with van der Waals surface area (Å²) in [5, 5.41) is 7.12. The Morgan fingerprint density at radius 3 is 3.00 bits per heavy atom. The highest BCUT2D eigenvalue weighted by Crippen LogP contribution is 2.29. The van der Waals surface area contributed by atoms with Crippen molar-refractivity contribution in [1.82, 2.24) is 10.5 Å². The summed E-state index contributed by atoms with van der Waals surface area (Å²) in [4.78, 5) is 15.0. The second-order valence-corrected chi connectivity index (χ2v) is 8.27. The number of amides is 1. The molecule has 4 rings (SSSR count). The number of thiophene rings is 1. The zero-order valence-electron chi connectivity index (χ0n) is 14.5. The summed E-state index contributed by atoms with van der Waals surface area (Å²) in [7, 11) is 0. The van der Waals surface area contributed by atoms with Crippen molar-refractivity contribution in [3.05, 3.63) is 38.9 Å². The monoisotopic (exact) mass is 360 g/mol. The van der Waals surface area contributed by atoms with Crippen LogP contribution in [0.1, 0.15) is 50.8 Å².